The Morgan fingerprint density at radius 3 is 2.95 bits per heavy atom. The summed E-state index contributed by atoms with van der Waals surface area (Å²) < 4.78 is 2.23. The SMILES string of the molecule is CCCn1ccnc1C(NN)C1SCCSC1CC. The van der Waals surface area contributed by atoms with Crippen LogP contribution in [-0.4, -0.2) is 31.6 Å². The summed E-state index contributed by atoms with van der Waals surface area (Å²) in [6.45, 7) is 5.46. The average molecular weight is 300 g/mol. The standard InChI is InChI=1S/C13H24N4S2/c1-3-6-17-7-5-15-13(17)11(16-14)12-10(4-2)18-8-9-19-12/h5,7,10-12,16H,3-4,6,8-9,14H2,1-2H3. The zero-order valence-corrected chi connectivity index (χ0v) is 13.3. The van der Waals surface area contributed by atoms with Crippen LogP contribution in [0.2, 0.25) is 0 Å². The second-order valence-electron chi connectivity index (χ2n) is 4.78. The van der Waals surface area contributed by atoms with Crippen molar-refractivity contribution in [1.29, 1.82) is 0 Å². The summed E-state index contributed by atoms with van der Waals surface area (Å²) in [5.41, 5.74) is 3.02. The molecule has 6 heteroatoms. The zero-order chi connectivity index (χ0) is 13.7. The Morgan fingerprint density at radius 2 is 2.26 bits per heavy atom. The molecule has 3 atom stereocenters. The van der Waals surface area contributed by atoms with Gasteiger partial charge in [-0.25, -0.2) is 10.4 Å². The quantitative estimate of drug-likeness (QED) is 0.624. The lowest BCUT2D eigenvalue weighted by atomic mass is 10.1. The van der Waals surface area contributed by atoms with Gasteiger partial charge in [0.2, 0.25) is 0 Å². The number of hydrogen-bond donors (Lipinski definition) is 2. The topological polar surface area (TPSA) is 55.9 Å². The minimum atomic E-state index is 0.143. The van der Waals surface area contributed by atoms with E-state index in [0.29, 0.717) is 10.5 Å². The highest BCUT2D eigenvalue weighted by Gasteiger charge is 2.34. The molecule has 1 aromatic rings. The van der Waals surface area contributed by atoms with Gasteiger partial charge in [0.1, 0.15) is 5.82 Å². The number of rotatable bonds is 6. The minimum Gasteiger partial charge on any atom is -0.334 e. The first-order valence-corrected chi connectivity index (χ1v) is 9.11. The van der Waals surface area contributed by atoms with Crippen LogP contribution in [0.3, 0.4) is 0 Å². The third-order valence-corrected chi connectivity index (χ3v) is 6.84. The first-order chi connectivity index (χ1) is 9.31. The highest BCUT2D eigenvalue weighted by atomic mass is 32.2. The minimum absolute atomic E-state index is 0.143. The second kappa shape index (κ2) is 7.57. The molecule has 1 aliphatic heterocycles. The molecule has 0 radical (unpaired) electrons. The number of thioether (sulfide) groups is 2. The number of hydrazine groups is 1. The van der Waals surface area contributed by atoms with Crippen LogP contribution in [0.25, 0.3) is 0 Å². The molecule has 1 saturated heterocycles. The Labute approximate surface area is 124 Å². The van der Waals surface area contributed by atoms with E-state index in [4.69, 9.17) is 5.84 Å². The van der Waals surface area contributed by atoms with Crippen molar-refractivity contribution in [3.63, 3.8) is 0 Å². The molecule has 0 aromatic carbocycles. The van der Waals surface area contributed by atoms with E-state index in [2.05, 4.69) is 46.8 Å². The lowest BCUT2D eigenvalue weighted by Crippen LogP contribution is -2.43. The van der Waals surface area contributed by atoms with Crippen LogP contribution in [-0.2, 0) is 6.54 Å². The van der Waals surface area contributed by atoms with Crippen molar-refractivity contribution in [1.82, 2.24) is 15.0 Å². The Bertz CT molecular complexity index is 382. The Hall–Kier alpha value is -0.170. The van der Waals surface area contributed by atoms with Gasteiger partial charge in [-0.05, 0) is 12.8 Å². The van der Waals surface area contributed by atoms with E-state index in [1.807, 2.05) is 18.0 Å². The van der Waals surface area contributed by atoms with Crippen molar-refractivity contribution in [2.24, 2.45) is 5.84 Å². The monoisotopic (exact) mass is 300 g/mol. The fraction of sp³-hybridized carbons (Fsp3) is 0.769. The smallest absolute Gasteiger partial charge is 0.128 e. The summed E-state index contributed by atoms with van der Waals surface area (Å²) >= 11 is 4.11. The number of nitrogens with zero attached hydrogens (tertiary/aromatic N) is 2. The average Bonchev–Trinajstić information content (AvgIpc) is 2.89. The van der Waals surface area contributed by atoms with E-state index in [1.165, 1.54) is 17.9 Å². The summed E-state index contributed by atoms with van der Waals surface area (Å²) in [5.74, 6) is 9.39. The van der Waals surface area contributed by atoms with Gasteiger partial charge < -0.3 is 4.57 Å². The van der Waals surface area contributed by atoms with Crippen molar-refractivity contribution in [3.8, 4) is 0 Å². The second-order valence-corrected chi connectivity index (χ2v) is 7.41. The fourth-order valence-corrected chi connectivity index (χ4v) is 5.79. The number of aryl methyl sites for hydroxylation is 1. The van der Waals surface area contributed by atoms with Crippen LogP contribution in [0.1, 0.15) is 38.6 Å². The van der Waals surface area contributed by atoms with E-state index >= 15 is 0 Å². The molecule has 1 aliphatic rings. The molecule has 2 heterocycles. The molecule has 3 N–H and O–H groups in total. The Kier molecular flexibility index (Phi) is 6.06. The highest BCUT2D eigenvalue weighted by Crippen LogP contribution is 2.39. The molecule has 0 spiro atoms. The molecule has 4 nitrogen and oxygen atoms in total. The van der Waals surface area contributed by atoms with Gasteiger partial charge in [-0.3, -0.25) is 5.84 Å². The van der Waals surface area contributed by atoms with E-state index in [1.54, 1.807) is 0 Å². The van der Waals surface area contributed by atoms with Gasteiger partial charge in [-0.1, -0.05) is 13.8 Å². The maximum Gasteiger partial charge on any atom is 0.128 e. The number of nitrogens with two attached hydrogens (primary N) is 1. The molecule has 0 aliphatic carbocycles. The molecule has 3 unspecified atom stereocenters. The van der Waals surface area contributed by atoms with Gasteiger partial charge in [-0.2, -0.15) is 23.5 Å². The molecule has 2 rings (SSSR count). The normalized spacial score (nSPS) is 25.4. The van der Waals surface area contributed by atoms with Crippen molar-refractivity contribution in [2.75, 3.05) is 11.5 Å². The van der Waals surface area contributed by atoms with E-state index in [9.17, 15) is 0 Å². The maximum atomic E-state index is 5.85. The van der Waals surface area contributed by atoms with Gasteiger partial charge in [0.25, 0.3) is 0 Å². The van der Waals surface area contributed by atoms with Crippen molar-refractivity contribution in [2.45, 2.75) is 49.8 Å². The third-order valence-electron chi connectivity index (χ3n) is 3.49. The molecule has 19 heavy (non-hydrogen) atoms. The largest absolute Gasteiger partial charge is 0.334 e. The van der Waals surface area contributed by atoms with Gasteiger partial charge in [0.15, 0.2) is 0 Å². The summed E-state index contributed by atoms with van der Waals surface area (Å²) in [7, 11) is 0. The molecule has 1 aromatic heterocycles. The zero-order valence-electron chi connectivity index (χ0n) is 11.7. The molecule has 108 valence electrons. The first kappa shape index (κ1) is 15.2. The molecular weight excluding hydrogens is 276 g/mol. The van der Waals surface area contributed by atoms with Crippen LogP contribution >= 0.6 is 23.5 Å². The van der Waals surface area contributed by atoms with E-state index in [-0.39, 0.29) is 6.04 Å². The van der Waals surface area contributed by atoms with Crippen molar-refractivity contribution >= 4 is 23.5 Å². The molecule has 0 bridgehead atoms. The Morgan fingerprint density at radius 1 is 1.47 bits per heavy atom. The first-order valence-electron chi connectivity index (χ1n) is 7.02. The summed E-state index contributed by atoms with van der Waals surface area (Å²) in [4.78, 5) is 4.55. The lowest BCUT2D eigenvalue weighted by molar-refractivity contribution is 0.464. The predicted molar refractivity (Wildman–Crippen MR) is 85.4 cm³/mol. The predicted octanol–water partition coefficient (Wildman–Crippen LogP) is 2.42. The van der Waals surface area contributed by atoms with Gasteiger partial charge in [0.05, 0.1) is 6.04 Å². The van der Waals surface area contributed by atoms with Crippen LogP contribution in [0.5, 0.6) is 0 Å². The summed E-state index contributed by atoms with van der Waals surface area (Å²) in [5, 5.41) is 1.17. The summed E-state index contributed by atoms with van der Waals surface area (Å²) in [6, 6.07) is 0.143. The van der Waals surface area contributed by atoms with Crippen molar-refractivity contribution in [3.05, 3.63) is 18.2 Å². The lowest BCUT2D eigenvalue weighted by Gasteiger charge is -2.35. The van der Waals surface area contributed by atoms with E-state index in [0.717, 1.165) is 18.8 Å². The van der Waals surface area contributed by atoms with E-state index < -0.39 is 0 Å². The van der Waals surface area contributed by atoms with Gasteiger partial charge in [-0.15, -0.1) is 0 Å². The number of nitrogens with one attached hydrogen (secondary N) is 1. The number of hydrogen-bond acceptors (Lipinski definition) is 5. The van der Waals surface area contributed by atoms with Crippen LogP contribution < -0.4 is 11.3 Å². The van der Waals surface area contributed by atoms with Crippen LogP contribution in [0.15, 0.2) is 12.4 Å². The Balaban J connectivity index is 2.19. The molecule has 1 fully saturated rings. The highest BCUT2D eigenvalue weighted by molar-refractivity contribution is 8.07. The fourth-order valence-electron chi connectivity index (χ4n) is 2.59. The van der Waals surface area contributed by atoms with Crippen molar-refractivity contribution < 1.29 is 0 Å². The maximum absolute atomic E-state index is 5.85. The molecular formula is C13H24N4S2. The third kappa shape index (κ3) is 3.48. The van der Waals surface area contributed by atoms with Crippen LogP contribution in [0.4, 0.5) is 0 Å². The molecule has 0 amide bonds. The van der Waals surface area contributed by atoms with Gasteiger partial charge in [0, 0.05) is 40.9 Å². The number of imidazole rings is 1. The van der Waals surface area contributed by atoms with Gasteiger partial charge >= 0.3 is 0 Å². The van der Waals surface area contributed by atoms with Crippen LogP contribution in [0, 0.1) is 0 Å². The number of aromatic nitrogens is 2. The summed E-state index contributed by atoms with van der Waals surface area (Å²) in [6.07, 6.45) is 6.25. The molecule has 0 saturated carbocycles.